The molecule has 1 amide bonds. The lowest BCUT2D eigenvalue weighted by molar-refractivity contribution is 0.0985. The molecule has 0 spiro atoms. The molecule has 182 valence electrons. The van der Waals surface area contributed by atoms with Crippen molar-refractivity contribution >= 4 is 42.6 Å². The van der Waals surface area contributed by atoms with Gasteiger partial charge >= 0.3 is 0 Å². The van der Waals surface area contributed by atoms with Crippen molar-refractivity contribution in [2.24, 2.45) is 0 Å². The van der Waals surface area contributed by atoms with E-state index in [9.17, 15) is 13.2 Å². The number of benzene rings is 2. The summed E-state index contributed by atoms with van der Waals surface area (Å²) in [5.74, 6) is -0.230. The Bertz CT molecular complexity index is 1380. The van der Waals surface area contributed by atoms with Crippen LogP contribution in [0.3, 0.4) is 0 Å². The fourth-order valence-corrected chi connectivity index (χ4v) is 7.07. The van der Waals surface area contributed by atoms with E-state index in [1.807, 2.05) is 43.5 Å². The molecule has 3 heterocycles. The van der Waals surface area contributed by atoms with Gasteiger partial charge in [-0.25, -0.2) is 13.4 Å². The summed E-state index contributed by atoms with van der Waals surface area (Å²) in [6.07, 6.45) is 6.33. The first-order valence-electron chi connectivity index (χ1n) is 11.7. The van der Waals surface area contributed by atoms with Crippen LogP contribution in [0.25, 0.3) is 10.2 Å². The number of hydrogen-bond donors (Lipinski definition) is 0. The van der Waals surface area contributed by atoms with Gasteiger partial charge in [-0.3, -0.25) is 14.4 Å². The standard InChI is InChI=1S/C25H27N5O3S2/c1-19-7-4-5-16-30(19)35(32,33)21-12-10-20(11-13-21)24(31)29(18-17-28-15-6-14-26-28)25-27-22-8-2-3-9-23(22)34-25/h2-3,6,8-15,19H,4-5,7,16-18H2,1H3. The molecule has 0 saturated carbocycles. The zero-order chi connectivity index (χ0) is 24.4. The molecule has 2 aromatic heterocycles. The van der Waals surface area contributed by atoms with Crippen molar-refractivity contribution in [1.82, 2.24) is 19.1 Å². The van der Waals surface area contributed by atoms with Gasteiger partial charge in [0.2, 0.25) is 10.0 Å². The normalized spacial score (nSPS) is 17.0. The summed E-state index contributed by atoms with van der Waals surface area (Å²) in [5.41, 5.74) is 1.25. The van der Waals surface area contributed by atoms with Gasteiger partial charge in [0.15, 0.2) is 5.13 Å². The largest absolute Gasteiger partial charge is 0.282 e. The summed E-state index contributed by atoms with van der Waals surface area (Å²) in [4.78, 5) is 20.1. The smallest absolute Gasteiger partial charge is 0.260 e. The summed E-state index contributed by atoms with van der Waals surface area (Å²) >= 11 is 1.45. The Morgan fingerprint density at radius 1 is 1.11 bits per heavy atom. The van der Waals surface area contributed by atoms with Crippen molar-refractivity contribution in [3.63, 3.8) is 0 Å². The van der Waals surface area contributed by atoms with Crippen LogP contribution in [0, 0.1) is 0 Å². The summed E-state index contributed by atoms with van der Waals surface area (Å²) < 4.78 is 30.7. The van der Waals surface area contributed by atoms with Gasteiger partial charge in [-0.15, -0.1) is 0 Å². The molecule has 35 heavy (non-hydrogen) atoms. The van der Waals surface area contributed by atoms with Crippen molar-refractivity contribution < 1.29 is 13.2 Å². The van der Waals surface area contributed by atoms with Gasteiger partial charge in [-0.2, -0.15) is 9.40 Å². The van der Waals surface area contributed by atoms with Crippen molar-refractivity contribution in [2.45, 2.75) is 43.7 Å². The third kappa shape index (κ3) is 4.86. The molecule has 0 radical (unpaired) electrons. The topological polar surface area (TPSA) is 88.4 Å². The van der Waals surface area contributed by atoms with Crippen LogP contribution in [-0.4, -0.2) is 52.5 Å². The van der Waals surface area contributed by atoms with Crippen LogP contribution in [0.1, 0.15) is 36.5 Å². The Labute approximate surface area is 208 Å². The SMILES string of the molecule is CC1CCCCN1S(=O)(=O)c1ccc(C(=O)N(CCn2cccn2)c2nc3ccccc3s2)cc1. The molecule has 1 aliphatic rings. The number of para-hydroxylation sites is 1. The zero-order valence-corrected chi connectivity index (χ0v) is 21.1. The molecular weight excluding hydrogens is 482 g/mol. The van der Waals surface area contributed by atoms with Crippen LogP contribution in [-0.2, 0) is 16.6 Å². The molecule has 1 fully saturated rings. The lowest BCUT2D eigenvalue weighted by atomic mass is 10.1. The number of piperidine rings is 1. The van der Waals surface area contributed by atoms with Crippen LogP contribution in [0.5, 0.6) is 0 Å². The number of fused-ring (bicyclic) bond motifs is 1. The van der Waals surface area contributed by atoms with Crippen molar-refractivity contribution in [3.8, 4) is 0 Å². The van der Waals surface area contributed by atoms with Crippen molar-refractivity contribution in [2.75, 3.05) is 18.0 Å². The molecular formula is C25H27N5O3S2. The first kappa shape index (κ1) is 23.7. The van der Waals surface area contributed by atoms with Gasteiger partial charge in [-0.05, 0) is 62.2 Å². The minimum absolute atomic E-state index is 0.0214. The Morgan fingerprint density at radius 3 is 2.63 bits per heavy atom. The maximum atomic E-state index is 13.6. The van der Waals surface area contributed by atoms with Crippen LogP contribution in [0.15, 0.2) is 71.9 Å². The van der Waals surface area contributed by atoms with E-state index in [1.165, 1.54) is 23.5 Å². The van der Waals surface area contributed by atoms with E-state index >= 15 is 0 Å². The molecule has 1 aliphatic heterocycles. The van der Waals surface area contributed by atoms with E-state index in [4.69, 9.17) is 0 Å². The average molecular weight is 510 g/mol. The van der Waals surface area contributed by atoms with Crippen LogP contribution in [0.2, 0.25) is 0 Å². The quantitative estimate of drug-likeness (QED) is 0.368. The van der Waals surface area contributed by atoms with Gasteiger partial charge in [0.25, 0.3) is 5.91 Å². The van der Waals surface area contributed by atoms with E-state index in [1.54, 1.807) is 32.2 Å². The summed E-state index contributed by atoms with van der Waals surface area (Å²) in [6.45, 7) is 3.37. The second-order valence-electron chi connectivity index (χ2n) is 8.68. The number of nitrogens with zero attached hydrogens (tertiary/aromatic N) is 5. The highest BCUT2D eigenvalue weighted by Gasteiger charge is 2.31. The highest BCUT2D eigenvalue weighted by atomic mass is 32.2. The van der Waals surface area contributed by atoms with Gasteiger partial charge < -0.3 is 0 Å². The third-order valence-electron chi connectivity index (χ3n) is 6.32. The number of aromatic nitrogens is 3. The summed E-state index contributed by atoms with van der Waals surface area (Å²) in [6, 6.07) is 15.9. The Hall–Kier alpha value is -3.08. The molecule has 10 heteroatoms. The molecule has 0 N–H and O–H groups in total. The lowest BCUT2D eigenvalue weighted by Gasteiger charge is -2.32. The Morgan fingerprint density at radius 2 is 1.91 bits per heavy atom. The number of thiazole rings is 1. The molecule has 1 saturated heterocycles. The number of sulfonamides is 1. The molecule has 2 aromatic carbocycles. The molecule has 1 unspecified atom stereocenters. The van der Waals surface area contributed by atoms with Crippen LogP contribution in [0.4, 0.5) is 5.13 Å². The number of carbonyl (C=O) groups is 1. The minimum atomic E-state index is -3.60. The molecule has 4 aromatic rings. The van der Waals surface area contributed by atoms with Crippen molar-refractivity contribution in [1.29, 1.82) is 0 Å². The van der Waals surface area contributed by atoms with Crippen molar-refractivity contribution in [3.05, 3.63) is 72.6 Å². The number of rotatable bonds is 7. The maximum Gasteiger partial charge on any atom is 0.260 e. The third-order valence-corrected chi connectivity index (χ3v) is 9.41. The second kappa shape index (κ2) is 9.88. The Kier molecular flexibility index (Phi) is 6.68. The number of amides is 1. The molecule has 0 bridgehead atoms. The summed E-state index contributed by atoms with van der Waals surface area (Å²) in [5, 5.41) is 4.84. The highest BCUT2D eigenvalue weighted by molar-refractivity contribution is 7.89. The number of anilines is 1. The predicted molar refractivity (Wildman–Crippen MR) is 137 cm³/mol. The van der Waals surface area contributed by atoms with E-state index in [-0.39, 0.29) is 16.8 Å². The molecule has 0 aliphatic carbocycles. The van der Waals surface area contributed by atoms with Gasteiger partial charge in [0.05, 0.1) is 21.7 Å². The summed E-state index contributed by atoms with van der Waals surface area (Å²) in [7, 11) is -3.60. The fourth-order valence-electron chi connectivity index (χ4n) is 4.38. The van der Waals surface area contributed by atoms with Gasteiger partial charge in [0, 0.05) is 37.1 Å². The molecule has 5 rings (SSSR count). The lowest BCUT2D eigenvalue weighted by Crippen LogP contribution is -2.41. The second-order valence-corrected chi connectivity index (χ2v) is 11.6. The number of carbonyl (C=O) groups excluding carboxylic acids is 1. The molecule has 1 atom stereocenters. The first-order chi connectivity index (χ1) is 16.9. The van der Waals surface area contributed by atoms with Crippen LogP contribution < -0.4 is 4.90 Å². The van der Waals surface area contributed by atoms with Gasteiger partial charge in [-0.1, -0.05) is 29.9 Å². The average Bonchev–Trinajstić information content (AvgIpc) is 3.54. The van der Waals surface area contributed by atoms with Crippen LogP contribution >= 0.6 is 11.3 Å². The molecule has 8 nitrogen and oxygen atoms in total. The fraction of sp³-hybridized carbons (Fsp3) is 0.320. The predicted octanol–water partition coefficient (Wildman–Crippen LogP) is 4.40. The van der Waals surface area contributed by atoms with E-state index in [0.717, 1.165) is 29.5 Å². The Balaban J connectivity index is 1.42. The van der Waals surface area contributed by atoms with E-state index < -0.39 is 10.0 Å². The minimum Gasteiger partial charge on any atom is -0.282 e. The zero-order valence-electron chi connectivity index (χ0n) is 19.4. The van der Waals surface area contributed by atoms with E-state index in [2.05, 4.69) is 10.1 Å². The first-order valence-corrected chi connectivity index (χ1v) is 14.0. The monoisotopic (exact) mass is 509 g/mol. The highest BCUT2D eigenvalue weighted by Crippen LogP contribution is 2.30. The maximum absolute atomic E-state index is 13.6. The number of hydrogen-bond acceptors (Lipinski definition) is 6. The van der Waals surface area contributed by atoms with Gasteiger partial charge in [0.1, 0.15) is 0 Å². The van der Waals surface area contributed by atoms with E-state index in [0.29, 0.717) is 30.3 Å².